The fourth-order valence-electron chi connectivity index (χ4n) is 5.12. The molecule has 140 valence electrons. The van der Waals surface area contributed by atoms with E-state index in [9.17, 15) is 13.9 Å². The average molecular weight is 350 g/mol. The average Bonchev–Trinajstić information content (AvgIpc) is 2.63. The van der Waals surface area contributed by atoms with E-state index in [0.717, 1.165) is 42.6 Å². The third-order valence-corrected chi connectivity index (χ3v) is 6.74. The van der Waals surface area contributed by atoms with E-state index in [-0.39, 0.29) is 6.10 Å². The molecule has 2 aliphatic rings. The zero-order valence-corrected chi connectivity index (χ0v) is 15.4. The lowest BCUT2D eigenvalue weighted by molar-refractivity contribution is 0.136. The fraction of sp³-hybridized carbons (Fsp3) is 0.727. The summed E-state index contributed by atoms with van der Waals surface area (Å²) < 4.78 is 26.6. The summed E-state index contributed by atoms with van der Waals surface area (Å²) in [6, 6.07) is 4.43. The van der Waals surface area contributed by atoms with E-state index in [0.29, 0.717) is 5.92 Å². The normalized spacial score (nSPS) is 31.7. The van der Waals surface area contributed by atoms with Crippen LogP contribution < -0.4 is 0 Å². The second-order valence-corrected chi connectivity index (χ2v) is 8.49. The molecule has 0 aromatic heterocycles. The van der Waals surface area contributed by atoms with Gasteiger partial charge in [-0.25, -0.2) is 8.78 Å². The highest BCUT2D eigenvalue weighted by atomic mass is 19.2. The highest BCUT2D eigenvalue weighted by molar-refractivity contribution is 5.22. The summed E-state index contributed by atoms with van der Waals surface area (Å²) in [6.07, 6.45) is 11.9. The Balaban J connectivity index is 1.44. The van der Waals surface area contributed by atoms with Gasteiger partial charge in [-0.15, -0.1) is 0 Å². The van der Waals surface area contributed by atoms with Crippen molar-refractivity contribution in [1.29, 1.82) is 0 Å². The molecular weight excluding hydrogens is 318 g/mol. The first kappa shape index (κ1) is 18.8. The van der Waals surface area contributed by atoms with E-state index in [2.05, 4.69) is 0 Å². The molecule has 1 aromatic carbocycles. The quantitative estimate of drug-likeness (QED) is 0.670. The van der Waals surface area contributed by atoms with Crippen LogP contribution in [-0.2, 0) is 0 Å². The van der Waals surface area contributed by atoms with Crippen LogP contribution >= 0.6 is 0 Å². The van der Waals surface area contributed by atoms with Crippen LogP contribution in [0.15, 0.2) is 18.2 Å². The Morgan fingerprint density at radius 3 is 2.08 bits per heavy atom. The highest BCUT2D eigenvalue weighted by Gasteiger charge is 2.31. The van der Waals surface area contributed by atoms with E-state index in [1.807, 2.05) is 6.92 Å². The van der Waals surface area contributed by atoms with E-state index in [1.54, 1.807) is 6.07 Å². The maximum absolute atomic E-state index is 13.5. The number of benzene rings is 1. The van der Waals surface area contributed by atoms with Crippen molar-refractivity contribution in [3.63, 3.8) is 0 Å². The Morgan fingerprint density at radius 2 is 1.52 bits per heavy atom. The zero-order valence-electron chi connectivity index (χ0n) is 15.4. The standard InChI is InChI=1S/C22H32F2O/c1-15(25)2-3-16-4-6-17(7-5-16)18-8-10-19(11-9-18)20-12-13-21(23)22(24)14-20/h12-19,25H,2-11H2,1H3. The Kier molecular flexibility index (Phi) is 6.49. The molecule has 2 aliphatic carbocycles. The van der Waals surface area contributed by atoms with Gasteiger partial charge in [-0.05, 0) is 99.7 Å². The molecule has 25 heavy (non-hydrogen) atoms. The first-order chi connectivity index (χ1) is 12.0. The topological polar surface area (TPSA) is 20.2 Å². The van der Waals surface area contributed by atoms with Crippen molar-refractivity contribution in [2.45, 2.75) is 83.2 Å². The van der Waals surface area contributed by atoms with E-state index >= 15 is 0 Å². The van der Waals surface area contributed by atoms with Crippen LogP contribution in [0.5, 0.6) is 0 Å². The molecule has 2 saturated carbocycles. The van der Waals surface area contributed by atoms with E-state index < -0.39 is 11.6 Å². The number of aliphatic hydroxyl groups excluding tert-OH is 1. The van der Waals surface area contributed by atoms with Gasteiger partial charge in [0, 0.05) is 0 Å². The summed E-state index contributed by atoms with van der Waals surface area (Å²) >= 11 is 0. The van der Waals surface area contributed by atoms with Gasteiger partial charge < -0.3 is 5.11 Å². The lowest BCUT2D eigenvalue weighted by Crippen LogP contribution is -2.25. The van der Waals surface area contributed by atoms with Gasteiger partial charge >= 0.3 is 0 Å². The molecular formula is C22H32F2O. The maximum Gasteiger partial charge on any atom is 0.159 e. The van der Waals surface area contributed by atoms with Crippen LogP contribution in [0.25, 0.3) is 0 Å². The third kappa shape index (κ3) is 5.03. The summed E-state index contributed by atoms with van der Waals surface area (Å²) in [5, 5.41) is 9.45. The van der Waals surface area contributed by atoms with Crippen molar-refractivity contribution in [3.8, 4) is 0 Å². The molecule has 0 spiro atoms. The first-order valence-electron chi connectivity index (χ1n) is 10.2. The van der Waals surface area contributed by atoms with Gasteiger partial charge in [-0.2, -0.15) is 0 Å². The molecule has 3 rings (SSSR count). The molecule has 1 N–H and O–H groups in total. The van der Waals surface area contributed by atoms with Gasteiger partial charge in [-0.3, -0.25) is 0 Å². The summed E-state index contributed by atoms with van der Waals surface area (Å²) in [5.74, 6) is 1.42. The van der Waals surface area contributed by atoms with Crippen LogP contribution in [0, 0.1) is 29.4 Å². The van der Waals surface area contributed by atoms with Gasteiger partial charge in [0.05, 0.1) is 6.10 Å². The van der Waals surface area contributed by atoms with Crippen molar-refractivity contribution < 1.29 is 13.9 Å². The summed E-state index contributed by atoms with van der Waals surface area (Å²) in [4.78, 5) is 0. The third-order valence-electron chi connectivity index (χ3n) is 6.74. The smallest absolute Gasteiger partial charge is 0.159 e. The van der Waals surface area contributed by atoms with Crippen molar-refractivity contribution in [2.75, 3.05) is 0 Å². The SMILES string of the molecule is CC(O)CCC1CCC(C2CCC(c3ccc(F)c(F)c3)CC2)CC1. The second-order valence-electron chi connectivity index (χ2n) is 8.49. The number of halogens is 2. The molecule has 0 heterocycles. The van der Waals surface area contributed by atoms with Gasteiger partial charge in [0.25, 0.3) is 0 Å². The fourth-order valence-corrected chi connectivity index (χ4v) is 5.12. The first-order valence-corrected chi connectivity index (χ1v) is 10.2. The summed E-state index contributed by atoms with van der Waals surface area (Å²) in [5.41, 5.74) is 0.971. The Morgan fingerprint density at radius 1 is 0.920 bits per heavy atom. The predicted octanol–water partition coefficient (Wildman–Crippen LogP) is 6.21. The van der Waals surface area contributed by atoms with Crippen LogP contribution in [0.4, 0.5) is 8.78 Å². The minimum atomic E-state index is -0.746. The maximum atomic E-state index is 13.5. The molecule has 0 aliphatic heterocycles. The van der Waals surface area contributed by atoms with Crippen molar-refractivity contribution in [3.05, 3.63) is 35.4 Å². The van der Waals surface area contributed by atoms with Crippen LogP contribution in [0.1, 0.15) is 82.6 Å². The van der Waals surface area contributed by atoms with Crippen LogP contribution in [0.2, 0.25) is 0 Å². The molecule has 1 unspecified atom stereocenters. The number of hydrogen-bond acceptors (Lipinski definition) is 1. The van der Waals surface area contributed by atoms with Crippen molar-refractivity contribution in [1.82, 2.24) is 0 Å². The molecule has 1 atom stereocenters. The number of hydrogen-bond donors (Lipinski definition) is 1. The Labute approximate surface area is 150 Å². The minimum absolute atomic E-state index is 0.163. The number of rotatable bonds is 5. The largest absolute Gasteiger partial charge is 0.393 e. The molecule has 0 saturated heterocycles. The molecule has 1 nitrogen and oxygen atoms in total. The van der Waals surface area contributed by atoms with Crippen molar-refractivity contribution >= 4 is 0 Å². The van der Waals surface area contributed by atoms with Crippen molar-refractivity contribution in [2.24, 2.45) is 17.8 Å². The van der Waals surface area contributed by atoms with Crippen LogP contribution in [-0.4, -0.2) is 11.2 Å². The summed E-state index contributed by atoms with van der Waals surface area (Å²) in [6.45, 7) is 1.89. The Bertz CT molecular complexity index is 541. The molecule has 2 fully saturated rings. The lowest BCUT2D eigenvalue weighted by atomic mass is 9.68. The molecule has 3 heteroatoms. The molecule has 0 radical (unpaired) electrons. The summed E-state index contributed by atoms with van der Waals surface area (Å²) in [7, 11) is 0. The minimum Gasteiger partial charge on any atom is -0.393 e. The second kappa shape index (κ2) is 8.62. The van der Waals surface area contributed by atoms with Gasteiger partial charge in [0.2, 0.25) is 0 Å². The molecule has 0 bridgehead atoms. The molecule has 1 aromatic rings. The van der Waals surface area contributed by atoms with Gasteiger partial charge in [0.15, 0.2) is 11.6 Å². The van der Waals surface area contributed by atoms with Crippen LogP contribution in [0.3, 0.4) is 0 Å². The zero-order chi connectivity index (χ0) is 17.8. The highest BCUT2D eigenvalue weighted by Crippen LogP contribution is 2.44. The molecule has 0 amide bonds. The lowest BCUT2D eigenvalue weighted by Gasteiger charge is -2.38. The van der Waals surface area contributed by atoms with Gasteiger partial charge in [-0.1, -0.05) is 18.9 Å². The Hall–Kier alpha value is -0.960. The van der Waals surface area contributed by atoms with Gasteiger partial charge in [0.1, 0.15) is 0 Å². The van der Waals surface area contributed by atoms with E-state index in [1.165, 1.54) is 57.1 Å². The number of aliphatic hydroxyl groups is 1. The van der Waals surface area contributed by atoms with E-state index in [4.69, 9.17) is 0 Å². The monoisotopic (exact) mass is 350 g/mol. The predicted molar refractivity (Wildman–Crippen MR) is 97.4 cm³/mol.